The molecule has 5 unspecified atom stereocenters. The maximum atomic E-state index is 14.0. The lowest BCUT2D eigenvalue weighted by molar-refractivity contribution is -0.169. The summed E-state index contributed by atoms with van der Waals surface area (Å²) in [6.07, 6.45) is -1.26. The van der Waals surface area contributed by atoms with Crippen LogP contribution in [-0.2, 0) is 19.2 Å². The Morgan fingerprint density at radius 1 is 1.20 bits per heavy atom. The fourth-order valence-electron chi connectivity index (χ4n) is 6.13. The number of Topliss-reactive ketones (excluding diaryl/α,β-unsaturated/α-hetero) is 2. The smallest absolute Gasteiger partial charge is 0.255 e. The largest absolute Gasteiger partial charge is 0.508 e. The third-order valence-electron chi connectivity index (χ3n) is 8.52. The van der Waals surface area contributed by atoms with Gasteiger partial charge in [0, 0.05) is 11.5 Å². The number of nitrogens with two attached hydrogens (primary N) is 1. The normalized spacial score (nSPS) is 31.4. The van der Waals surface area contributed by atoms with Crippen molar-refractivity contribution in [3.05, 3.63) is 40.2 Å². The second-order valence-corrected chi connectivity index (χ2v) is 12.7. The summed E-state index contributed by atoms with van der Waals surface area (Å²) in [5, 5.41) is 59.4. The molecular weight excluding hydrogens is 590 g/mol. The fourth-order valence-corrected chi connectivity index (χ4v) is 6.23. The molecule has 0 aromatic heterocycles. The number of phenolic OH excluding ortho intramolecular Hbond substituents is 1. The monoisotopic (exact) mass is 621 g/mol. The highest BCUT2D eigenvalue weighted by Crippen LogP contribution is 2.56. The predicted molar refractivity (Wildman–Crippen MR) is 147 cm³/mol. The summed E-state index contributed by atoms with van der Waals surface area (Å²) in [6, 6.07) is 1.52. The molecule has 0 heterocycles. The minimum absolute atomic E-state index is 0.0595. The average Bonchev–Trinajstić information content (AvgIpc) is 2.87. The van der Waals surface area contributed by atoms with Crippen molar-refractivity contribution < 1.29 is 44.7 Å². The van der Waals surface area contributed by atoms with Crippen molar-refractivity contribution in [3.63, 3.8) is 0 Å². The van der Waals surface area contributed by atoms with Crippen molar-refractivity contribution in [2.24, 2.45) is 17.6 Å². The number of carbonyl (C=O) groups is 4. The summed E-state index contributed by atoms with van der Waals surface area (Å²) in [5.41, 5.74) is 0.895. The average molecular weight is 622 g/mol. The molecular formula is C27H32BrN3O9. The van der Waals surface area contributed by atoms with Gasteiger partial charge < -0.3 is 36.6 Å². The van der Waals surface area contributed by atoms with E-state index in [1.165, 1.54) is 31.1 Å². The number of alkyl halides is 1. The number of ketones is 2. The number of aromatic hydroxyl groups is 1. The summed E-state index contributed by atoms with van der Waals surface area (Å²) in [6.45, 7) is 5.05. The first kappa shape index (κ1) is 29.7. The van der Waals surface area contributed by atoms with Gasteiger partial charge in [0.25, 0.3) is 5.91 Å². The number of carbonyl (C=O) groups excluding carboxylic acids is 4. The van der Waals surface area contributed by atoms with Gasteiger partial charge in [0.05, 0.1) is 29.3 Å². The first-order valence-corrected chi connectivity index (χ1v) is 13.4. The highest BCUT2D eigenvalue weighted by Gasteiger charge is 2.68. The second-order valence-electron chi connectivity index (χ2n) is 11.0. The minimum Gasteiger partial charge on any atom is -0.508 e. The number of likely N-dealkylation sites (N-methyl/N-ethyl adjacent to an activating group) is 1. The quantitative estimate of drug-likeness (QED) is 0.141. The van der Waals surface area contributed by atoms with Gasteiger partial charge in [-0.05, 0) is 45.0 Å². The van der Waals surface area contributed by atoms with E-state index in [0.29, 0.717) is 12.0 Å². The third kappa shape index (κ3) is 3.90. The van der Waals surface area contributed by atoms with Gasteiger partial charge in [0.15, 0.2) is 11.4 Å². The molecule has 0 spiro atoms. The Bertz CT molecular complexity index is 1420. The first-order chi connectivity index (χ1) is 18.4. The molecule has 0 saturated heterocycles. The number of hydrogen-bond donors (Lipinski definition) is 7. The molecule has 216 valence electrons. The van der Waals surface area contributed by atoms with Gasteiger partial charge in [-0.25, -0.2) is 0 Å². The van der Waals surface area contributed by atoms with Crippen molar-refractivity contribution >= 4 is 50.8 Å². The number of halogens is 1. The van der Waals surface area contributed by atoms with Gasteiger partial charge in [0.2, 0.25) is 11.7 Å². The van der Waals surface area contributed by atoms with Crippen molar-refractivity contribution in [1.29, 1.82) is 0 Å². The Morgan fingerprint density at radius 2 is 1.80 bits per heavy atom. The summed E-state index contributed by atoms with van der Waals surface area (Å²) in [7, 11) is 2.88. The molecule has 4 rings (SSSR count). The van der Waals surface area contributed by atoms with E-state index in [1.54, 1.807) is 20.8 Å². The topological polar surface area (TPSA) is 211 Å². The summed E-state index contributed by atoms with van der Waals surface area (Å²) < 4.78 is -0.959. The molecule has 0 aliphatic heterocycles. The van der Waals surface area contributed by atoms with Gasteiger partial charge in [0.1, 0.15) is 27.2 Å². The Hall–Kier alpha value is -3.26. The lowest BCUT2D eigenvalue weighted by atomic mass is 9.54. The van der Waals surface area contributed by atoms with E-state index in [4.69, 9.17) is 5.73 Å². The Morgan fingerprint density at radius 3 is 2.33 bits per heavy atom. The predicted octanol–water partition coefficient (Wildman–Crippen LogP) is 0.998. The summed E-state index contributed by atoms with van der Waals surface area (Å²) in [4.78, 5) is 53.4. The number of anilines is 1. The number of fused-ring (bicyclic) bond motifs is 3. The Labute approximate surface area is 238 Å². The van der Waals surface area contributed by atoms with Gasteiger partial charge >= 0.3 is 0 Å². The number of nitrogens with zero attached hydrogens (tertiary/aromatic N) is 1. The lowest BCUT2D eigenvalue weighted by Gasteiger charge is -2.53. The van der Waals surface area contributed by atoms with Crippen LogP contribution in [0.25, 0.3) is 5.76 Å². The molecule has 1 saturated carbocycles. The van der Waals surface area contributed by atoms with Crippen LogP contribution in [0.2, 0.25) is 0 Å². The minimum atomic E-state index is -3.00. The third-order valence-corrected chi connectivity index (χ3v) is 9.44. The molecule has 3 aliphatic rings. The lowest BCUT2D eigenvalue weighted by Crippen LogP contribution is -2.70. The molecule has 2 amide bonds. The Balaban J connectivity index is 1.96. The van der Waals surface area contributed by atoms with E-state index in [1.807, 2.05) is 0 Å². The van der Waals surface area contributed by atoms with Gasteiger partial charge in [-0.1, -0.05) is 35.8 Å². The number of phenols is 1. The van der Waals surface area contributed by atoms with Crippen LogP contribution in [0.4, 0.5) is 5.69 Å². The summed E-state index contributed by atoms with van der Waals surface area (Å²) in [5.74, 6) is -10.3. The van der Waals surface area contributed by atoms with E-state index >= 15 is 0 Å². The SMILES string of the molecule is CCC(C)(Br)C(=O)Nc1ccc2c(c1O)C(O)=C1C(=O)[C@]3(O)C(O)=C(C(N)=O)C(=O)[C@@H](N(C)C)C3C(O)C1C2C. The molecule has 1 aromatic carbocycles. The van der Waals surface area contributed by atoms with Crippen molar-refractivity contribution in [2.45, 2.75) is 55.2 Å². The molecule has 0 bridgehead atoms. The van der Waals surface area contributed by atoms with Crippen LogP contribution in [-0.4, -0.2) is 90.0 Å². The Kier molecular flexibility index (Phi) is 7.19. The second kappa shape index (κ2) is 9.68. The van der Waals surface area contributed by atoms with Crippen LogP contribution >= 0.6 is 15.9 Å². The number of aliphatic hydroxyl groups is 4. The van der Waals surface area contributed by atoms with Crippen LogP contribution in [0.1, 0.15) is 44.2 Å². The molecule has 0 radical (unpaired) electrons. The number of benzene rings is 1. The van der Waals surface area contributed by atoms with E-state index in [0.717, 1.165) is 0 Å². The first-order valence-electron chi connectivity index (χ1n) is 12.6. The number of primary amides is 1. The molecule has 1 aromatic rings. The van der Waals surface area contributed by atoms with Crippen LogP contribution in [0.5, 0.6) is 5.75 Å². The molecule has 1 fully saturated rings. The molecule has 12 nitrogen and oxygen atoms in total. The number of nitrogens with one attached hydrogen (secondary N) is 1. The van der Waals surface area contributed by atoms with Gasteiger partial charge in [-0.15, -0.1) is 0 Å². The zero-order valence-electron chi connectivity index (χ0n) is 22.5. The zero-order valence-corrected chi connectivity index (χ0v) is 24.1. The maximum absolute atomic E-state index is 14.0. The van der Waals surface area contributed by atoms with E-state index in [9.17, 15) is 44.7 Å². The highest BCUT2D eigenvalue weighted by atomic mass is 79.9. The molecule has 3 aliphatic carbocycles. The van der Waals surface area contributed by atoms with E-state index in [2.05, 4.69) is 21.2 Å². The highest BCUT2D eigenvalue weighted by molar-refractivity contribution is 9.10. The summed E-state index contributed by atoms with van der Waals surface area (Å²) >= 11 is 3.32. The van der Waals surface area contributed by atoms with Crippen LogP contribution < -0.4 is 11.1 Å². The van der Waals surface area contributed by atoms with Gasteiger partial charge in [-0.2, -0.15) is 0 Å². The van der Waals surface area contributed by atoms with Crippen LogP contribution in [0.15, 0.2) is 29.0 Å². The molecule has 40 heavy (non-hydrogen) atoms. The van der Waals surface area contributed by atoms with Crippen LogP contribution in [0.3, 0.4) is 0 Å². The van der Waals surface area contributed by atoms with E-state index in [-0.39, 0.29) is 11.3 Å². The van der Waals surface area contributed by atoms with Gasteiger partial charge in [-0.3, -0.25) is 24.1 Å². The number of rotatable bonds is 5. The van der Waals surface area contributed by atoms with Crippen molar-refractivity contribution in [1.82, 2.24) is 4.90 Å². The number of amides is 2. The maximum Gasteiger partial charge on any atom is 0.255 e. The standard InChI is InChI=1S/C27H32BrN3O9/c1-6-26(3,28)25(39)30-11-8-7-10-9(2)12-14(19(33)13(10)18(11)32)22(36)27(40)16(20(12)34)17(31(4)5)21(35)15(23(27)37)24(29)38/h7-9,12,16-17,20,32-34,37,40H,6H2,1-5H3,(H2,29,38)(H,30,39)/t9?,12?,16?,17-,20?,26?,27-/m0/s1. The van der Waals surface area contributed by atoms with Crippen molar-refractivity contribution in [2.75, 3.05) is 19.4 Å². The molecule has 13 heteroatoms. The molecule has 7 atom stereocenters. The van der Waals surface area contributed by atoms with Crippen molar-refractivity contribution in [3.8, 4) is 5.75 Å². The molecule has 8 N–H and O–H groups in total. The number of aliphatic hydroxyl groups excluding tert-OH is 3. The van der Waals surface area contributed by atoms with E-state index < -0.39 is 91.6 Å². The van der Waals surface area contributed by atoms with Crippen LogP contribution in [0, 0.1) is 11.8 Å². The number of hydrogen-bond acceptors (Lipinski definition) is 10. The fraction of sp³-hybridized carbons (Fsp3) is 0.481. The zero-order chi connectivity index (χ0) is 30.2.